The molecule has 3 aromatic rings. The summed E-state index contributed by atoms with van der Waals surface area (Å²) in [6.45, 7) is 1.26. The summed E-state index contributed by atoms with van der Waals surface area (Å²) in [5.41, 5.74) is 7.83. The van der Waals surface area contributed by atoms with Crippen LogP contribution in [0.5, 0.6) is 10.9 Å². The van der Waals surface area contributed by atoms with Gasteiger partial charge in [-0.25, -0.2) is 15.2 Å². The first kappa shape index (κ1) is 21.1. The van der Waals surface area contributed by atoms with Crippen LogP contribution in [0.3, 0.4) is 0 Å². The number of aromatic nitrogens is 1. The number of nitrogens with zero attached hydrogens (tertiary/aromatic N) is 2. The molecule has 0 radical (unpaired) electrons. The van der Waals surface area contributed by atoms with E-state index in [1.807, 2.05) is 35.2 Å². The van der Waals surface area contributed by atoms with Crippen LogP contribution < -0.4 is 20.3 Å². The van der Waals surface area contributed by atoms with Gasteiger partial charge in [0, 0.05) is 32.0 Å². The molecule has 2 fully saturated rings. The minimum atomic E-state index is -0.334. The van der Waals surface area contributed by atoms with Gasteiger partial charge in [0.25, 0.3) is 5.19 Å². The molecule has 2 N–H and O–H groups in total. The van der Waals surface area contributed by atoms with E-state index in [0.29, 0.717) is 30.2 Å². The zero-order valence-electron chi connectivity index (χ0n) is 17.7. The first-order valence-corrected chi connectivity index (χ1v) is 11.6. The number of nitrogens with one attached hydrogen (secondary N) is 2. The van der Waals surface area contributed by atoms with Gasteiger partial charge in [-0.1, -0.05) is 29.5 Å². The molecule has 0 saturated carbocycles. The molecule has 9 heteroatoms. The number of benzene rings is 2. The van der Waals surface area contributed by atoms with E-state index >= 15 is 0 Å². The Bertz CT molecular complexity index is 1120. The SMILES string of the molecule is COc1cccc(C2CC(C(=O)N3CCC(Oc4nc5c(F)cccc5s4)CC3)NN2)c1. The molecule has 0 spiro atoms. The number of halogens is 1. The summed E-state index contributed by atoms with van der Waals surface area (Å²) in [6.07, 6.45) is 2.11. The number of para-hydroxylation sites is 1. The maximum Gasteiger partial charge on any atom is 0.274 e. The van der Waals surface area contributed by atoms with Crippen molar-refractivity contribution in [1.29, 1.82) is 0 Å². The number of likely N-dealkylation sites (tertiary alicyclic amines) is 1. The number of rotatable bonds is 5. The molecule has 2 atom stereocenters. The maximum atomic E-state index is 13.9. The molecule has 1 aromatic heterocycles. The largest absolute Gasteiger partial charge is 0.497 e. The van der Waals surface area contributed by atoms with E-state index in [4.69, 9.17) is 9.47 Å². The standard InChI is InChI=1S/C23H25FN4O3S/c1-30-16-5-2-4-14(12-16)18-13-19(27-26-18)22(29)28-10-8-15(9-11-28)31-23-25-21-17(24)6-3-7-20(21)32-23/h2-7,12,15,18-19,26-27H,8-11,13H2,1H3. The fourth-order valence-electron chi connectivity index (χ4n) is 4.30. The molecule has 3 heterocycles. The number of piperidine rings is 1. The van der Waals surface area contributed by atoms with Gasteiger partial charge in [0.1, 0.15) is 29.2 Å². The molecule has 2 unspecified atom stereocenters. The number of ether oxygens (including phenoxy) is 2. The lowest BCUT2D eigenvalue weighted by atomic mass is 10.00. The van der Waals surface area contributed by atoms with Crippen LogP contribution in [0.15, 0.2) is 42.5 Å². The van der Waals surface area contributed by atoms with Crippen LogP contribution in [0, 0.1) is 5.82 Å². The first-order valence-electron chi connectivity index (χ1n) is 10.8. The van der Waals surface area contributed by atoms with E-state index in [0.717, 1.165) is 28.9 Å². The molecule has 0 aliphatic carbocycles. The topological polar surface area (TPSA) is 75.7 Å². The third-order valence-corrected chi connectivity index (χ3v) is 6.98. The highest BCUT2D eigenvalue weighted by molar-refractivity contribution is 7.20. The van der Waals surface area contributed by atoms with Gasteiger partial charge in [0.2, 0.25) is 5.91 Å². The molecule has 2 aliphatic heterocycles. The number of hydrazine groups is 1. The maximum absolute atomic E-state index is 13.9. The summed E-state index contributed by atoms with van der Waals surface area (Å²) < 4.78 is 26.0. The molecule has 5 rings (SSSR count). The Kier molecular flexibility index (Phi) is 5.95. The highest BCUT2D eigenvalue weighted by Crippen LogP contribution is 2.31. The van der Waals surface area contributed by atoms with Crippen molar-refractivity contribution in [3.8, 4) is 10.9 Å². The predicted octanol–water partition coefficient (Wildman–Crippen LogP) is 3.42. The van der Waals surface area contributed by atoms with Gasteiger partial charge in [-0.05, 0) is 36.2 Å². The molecule has 2 aromatic carbocycles. The lowest BCUT2D eigenvalue weighted by molar-refractivity contribution is -0.135. The molecule has 32 heavy (non-hydrogen) atoms. The third kappa shape index (κ3) is 4.28. The summed E-state index contributed by atoms with van der Waals surface area (Å²) in [5, 5.41) is 0.484. The van der Waals surface area contributed by atoms with E-state index < -0.39 is 0 Å². The first-order chi connectivity index (χ1) is 15.6. The van der Waals surface area contributed by atoms with E-state index in [2.05, 4.69) is 15.8 Å². The van der Waals surface area contributed by atoms with Gasteiger partial charge < -0.3 is 14.4 Å². The number of thiazole rings is 1. The lowest BCUT2D eigenvalue weighted by Gasteiger charge is -2.33. The number of hydrogen-bond acceptors (Lipinski definition) is 7. The Balaban J connectivity index is 1.14. The average Bonchev–Trinajstić information content (AvgIpc) is 3.47. The second-order valence-electron chi connectivity index (χ2n) is 8.12. The summed E-state index contributed by atoms with van der Waals surface area (Å²) in [7, 11) is 1.65. The van der Waals surface area contributed by atoms with Crippen molar-refractivity contribution in [2.24, 2.45) is 0 Å². The number of hydrogen-bond donors (Lipinski definition) is 2. The monoisotopic (exact) mass is 456 g/mol. The molecular weight excluding hydrogens is 431 g/mol. The molecule has 7 nitrogen and oxygen atoms in total. The van der Waals surface area contributed by atoms with Crippen LogP contribution in [-0.4, -0.2) is 48.1 Å². The Morgan fingerprint density at radius 2 is 2.00 bits per heavy atom. The Morgan fingerprint density at radius 3 is 2.78 bits per heavy atom. The van der Waals surface area contributed by atoms with Crippen LogP contribution in [0.4, 0.5) is 4.39 Å². The molecule has 1 amide bonds. The van der Waals surface area contributed by atoms with Gasteiger partial charge in [0.15, 0.2) is 0 Å². The fraction of sp³-hybridized carbons (Fsp3) is 0.391. The minimum Gasteiger partial charge on any atom is -0.497 e. The van der Waals surface area contributed by atoms with Gasteiger partial charge in [0.05, 0.1) is 11.8 Å². The van der Waals surface area contributed by atoms with E-state index in [1.54, 1.807) is 13.2 Å². The molecule has 168 valence electrons. The van der Waals surface area contributed by atoms with Gasteiger partial charge in [-0.3, -0.25) is 4.79 Å². The highest BCUT2D eigenvalue weighted by atomic mass is 32.1. The molecule has 2 aliphatic rings. The zero-order valence-corrected chi connectivity index (χ0v) is 18.5. The second-order valence-corrected chi connectivity index (χ2v) is 9.11. The summed E-state index contributed by atoms with van der Waals surface area (Å²) >= 11 is 1.35. The van der Waals surface area contributed by atoms with Crippen molar-refractivity contribution < 1.29 is 18.7 Å². The normalized spacial score (nSPS) is 21.8. The van der Waals surface area contributed by atoms with Crippen molar-refractivity contribution >= 4 is 27.5 Å². The van der Waals surface area contributed by atoms with Gasteiger partial charge in [-0.15, -0.1) is 0 Å². The van der Waals surface area contributed by atoms with E-state index in [1.165, 1.54) is 17.4 Å². The van der Waals surface area contributed by atoms with Crippen LogP contribution in [-0.2, 0) is 4.79 Å². The van der Waals surface area contributed by atoms with E-state index in [9.17, 15) is 9.18 Å². The highest BCUT2D eigenvalue weighted by Gasteiger charge is 2.35. The van der Waals surface area contributed by atoms with E-state index in [-0.39, 0.29) is 29.9 Å². The van der Waals surface area contributed by atoms with Crippen molar-refractivity contribution in [2.45, 2.75) is 37.5 Å². The van der Waals surface area contributed by atoms with Crippen LogP contribution in [0.1, 0.15) is 30.9 Å². The Hall–Kier alpha value is -2.75. The number of amides is 1. The van der Waals surface area contributed by atoms with Crippen molar-refractivity contribution in [1.82, 2.24) is 20.7 Å². The summed E-state index contributed by atoms with van der Waals surface area (Å²) in [5.74, 6) is 0.569. The predicted molar refractivity (Wildman–Crippen MR) is 120 cm³/mol. The number of methoxy groups -OCH3 is 1. The number of carbonyl (C=O) groups excluding carboxylic acids is 1. The molecular formula is C23H25FN4O3S. The smallest absolute Gasteiger partial charge is 0.274 e. The second kappa shape index (κ2) is 9.01. The van der Waals surface area contributed by atoms with Crippen LogP contribution >= 0.6 is 11.3 Å². The Labute approximate surface area is 189 Å². The average molecular weight is 457 g/mol. The minimum absolute atomic E-state index is 0.0260. The third-order valence-electron chi connectivity index (χ3n) is 6.07. The summed E-state index contributed by atoms with van der Waals surface area (Å²) in [4.78, 5) is 19.2. The summed E-state index contributed by atoms with van der Waals surface area (Å²) in [6, 6.07) is 12.6. The number of fused-ring (bicyclic) bond motifs is 1. The number of carbonyl (C=O) groups is 1. The van der Waals surface area contributed by atoms with Gasteiger partial charge in [-0.2, -0.15) is 4.98 Å². The van der Waals surface area contributed by atoms with Gasteiger partial charge >= 0.3 is 0 Å². The fourth-order valence-corrected chi connectivity index (χ4v) is 5.19. The quantitative estimate of drug-likeness (QED) is 0.613. The molecule has 0 bridgehead atoms. The van der Waals surface area contributed by atoms with Crippen molar-refractivity contribution in [3.63, 3.8) is 0 Å². The van der Waals surface area contributed by atoms with Crippen LogP contribution in [0.25, 0.3) is 10.2 Å². The lowest BCUT2D eigenvalue weighted by Crippen LogP contribution is -2.49. The Morgan fingerprint density at radius 1 is 1.19 bits per heavy atom. The van der Waals surface area contributed by atoms with Crippen molar-refractivity contribution in [2.75, 3.05) is 20.2 Å². The zero-order chi connectivity index (χ0) is 22.1. The van der Waals surface area contributed by atoms with Crippen LogP contribution in [0.2, 0.25) is 0 Å². The molecule has 2 saturated heterocycles. The van der Waals surface area contributed by atoms with Crippen molar-refractivity contribution in [3.05, 3.63) is 53.8 Å².